The first kappa shape index (κ1) is 18.7. The third-order valence-electron chi connectivity index (χ3n) is 3.61. The van der Waals surface area contributed by atoms with Gasteiger partial charge in [-0.3, -0.25) is 14.4 Å². The third kappa shape index (κ3) is 5.73. The van der Waals surface area contributed by atoms with Crippen molar-refractivity contribution in [1.82, 2.24) is 10.2 Å². The highest BCUT2D eigenvalue weighted by atomic mass is 16.4. The van der Waals surface area contributed by atoms with Crippen LogP contribution in [0.4, 0.5) is 0 Å². The van der Waals surface area contributed by atoms with E-state index in [9.17, 15) is 14.4 Å². The predicted molar refractivity (Wildman–Crippen MR) is 87.5 cm³/mol. The van der Waals surface area contributed by atoms with Crippen molar-refractivity contribution in [3.05, 3.63) is 35.4 Å². The third-order valence-corrected chi connectivity index (χ3v) is 3.61. The number of carbonyl (C=O) groups excluding carboxylic acids is 2. The van der Waals surface area contributed by atoms with E-state index in [1.165, 1.54) is 0 Å². The second kappa shape index (κ2) is 7.76. The molecule has 1 aromatic rings. The number of carboxylic acids is 1. The Morgan fingerprint density at radius 2 is 1.83 bits per heavy atom. The van der Waals surface area contributed by atoms with Crippen molar-refractivity contribution in [3.63, 3.8) is 0 Å². The Balaban J connectivity index is 2.84. The minimum atomic E-state index is -0.900. The Hall–Kier alpha value is -2.37. The second-order valence-electron chi connectivity index (χ2n) is 6.13. The fourth-order valence-corrected chi connectivity index (χ4v) is 2.02. The molecule has 1 aromatic carbocycles. The van der Waals surface area contributed by atoms with Crippen LogP contribution in [0.3, 0.4) is 0 Å². The zero-order valence-corrected chi connectivity index (χ0v) is 14.0. The molecule has 0 bridgehead atoms. The number of carboxylic acid groups (broad SMARTS) is 1. The van der Waals surface area contributed by atoms with Crippen molar-refractivity contribution in [3.8, 4) is 0 Å². The van der Waals surface area contributed by atoms with Gasteiger partial charge in [-0.1, -0.05) is 6.07 Å². The molecule has 126 valence electrons. The summed E-state index contributed by atoms with van der Waals surface area (Å²) < 4.78 is 0. The minimum absolute atomic E-state index is 0.0207. The lowest BCUT2D eigenvalue weighted by atomic mass is 9.97. The smallest absolute Gasteiger partial charge is 0.303 e. The molecule has 6 heteroatoms. The lowest BCUT2D eigenvalue weighted by molar-refractivity contribution is -0.137. The van der Waals surface area contributed by atoms with Crippen LogP contribution in [0.5, 0.6) is 0 Å². The summed E-state index contributed by atoms with van der Waals surface area (Å²) in [6, 6.07) is 6.51. The lowest BCUT2D eigenvalue weighted by Gasteiger charge is -2.25. The van der Waals surface area contributed by atoms with Gasteiger partial charge >= 0.3 is 5.97 Å². The number of hydrogen-bond donors (Lipinski definition) is 2. The van der Waals surface area contributed by atoms with E-state index >= 15 is 0 Å². The van der Waals surface area contributed by atoms with Crippen LogP contribution in [0, 0.1) is 0 Å². The topological polar surface area (TPSA) is 86.7 Å². The van der Waals surface area contributed by atoms with E-state index in [1.807, 2.05) is 6.92 Å². The van der Waals surface area contributed by atoms with Gasteiger partial charge in [0.05, 0.1) is 0 Å². The van der Waals surface area contributed by atoms with Crippen LogP contribution in [-0.2, 0) is 4.79 Å². The summed E-state index contributed by atoms with van der Waals surface area (Å²) >= 11 is 0. The summed E-state index contributed by atoms with van der Waals surface area (Å²) in [6.45, 7) is 6.00. The predicted octanol–water partition coefficient (Wildman–Crippen LogP) is 2.15. The van der Waals surface area contributed by atoms with Gasteiger partial charge in [-0.05, 0) is 45.4 Å². The average molecular weight is 320 g/mol. The highest BCUT2D eigenvalue weighted by Crippen LogP contribution is 2.14. The van der Waals surface area contributed by atoms with Crippen LogP contribution in [0.15, 0.2) is 24.3 Å². The van der Waals surface area contributed by atoms with Gasteiger partial charge in [0.2, 0.25) is 0 Å². The first-order valence-corrected chi connectivity index (χ1v) is 7.56. The van der Waals surface area contributed by atoms with E-state index in [0.29, 0.717) is 24.1 Å². The number of aliphatic carboxylic acids is 1. The van der Waals surface area contributed by atoms with E-state index in [4.69, 9.17) is 5.11 Å². The van der Waals surface area contributed by atoms with Crippen molar-refractivity contribution in [2.45, 2.75) is 39.2 Å². The molecule has 0 unspecified atom stereocenters. The van der Waals surface area contributed by atoms with Gasteiger partial charge in [-0.15, -0.1) is 0 Å². The molecular weight excluding hydrogens is 296 g/mol. The van der Waals surface area contributed by atoms with Gasteiger partial charge in [0.15, 0.2) is 0 Å². The molecule has 0 aromatic heterocycles. The summed E-state index contributed by atoms with van der Waals surface area (Å²) in [5.74, 6) is -1.37. The van der Waals surface area contributed by atoms with Crippen LogP contribution in [0.25, 0.3) is 0 Å². The number of hydrogen-bond acceptors (Lipinski definition) is 3. The number of nitrogens with one attached hydrogen (secondary N) is 1. The van der Waals surface area contributed by atoms with E-state index in [2.05, 4.69) is 5.32 Å². The molecule has 0 aliphatic heterocycles. The number of benzene rings is 1. The maximum atomic E-state index is 12.3. The van der Waals surface area contributed by atoms with Crippen LogP contribution in [0.2, 0.25) is 0 Å². The molecule has 0 fully saturated rings. The maximum absolute atomic E-state index is 12.3. The van der Waals surface area contributed by atoms with Crippen molar-refractivity contribution < 1.29 is 19.5 Å². The fraction of sp³-hybridized carbons (Fsp3) is 0.471. The first-order chi connectivity index (χ1) is 10.7. The van der Waals surface area contributed by atoms with Crippen molar-refractivity contribution in [1.29, 1.82) is 0 Å². The molecular formula is C17H24N2O4. The summed E-state index contributed by atoms with van der Waals surface area (Å²) in [5.41, 5.74) is 0.185. The van der Waals surface area contributed by atoms with Crippen LogP contribution in [0.1, 0.15) is 54.3 Å². The van der Waals surface area contributed by atoms with E-state index in [0.717, 1.165) is 0 Å². The Morgan fingerprint density at radius 3 is 2.39 bits per heavy atom. The molecule has 6 nitrogen and oxygen atoms in total. The number of carbonyl (C=O) groups is 3. The minimum Gasteiger partial charge on any atom is -0.481 e. The van der Waals surface area contributed by atoms with Gasteiger partial charge in [0, 0.05) is 36.7 Å². The zero-order valence-electron chi connectivity index (χ0n) is 14.0. The van der Waals surface area contributed by atoms with Crippen molar-refractivity contribution in [2.24, 2.45) is 0 Å². The van der Waals surface area contributed by atoms with Gasteiger partial charge in [0.1, 0.15) is 0 Å². The maximum Gasteiger partial charge on any atom is 0.303 e. The summed E-state index contributed by atoms with van der Waals surface area (Å²) in [6.07, 6.45) is 0.304. The average Bonchev–Trinajstić information content (AvgIpc) is 2.51. The van der Waals surface area contributed by atoms with E-state index in [-0.39, 0.29) is 18.2 Å². The Kier molecular flexibility index (Phi) is 6.30. The zero-order chi connectivity index (χ0) is 17.6. The quantitative estimate of drug-likeness (QED) is 0.806. The Labute approximate surface area is 136 Å². The number of amides is 2. The van der Waals surface area contributed by atoms with E-state index in [1.54, 1.807) is 50.1 Å². The Bertz CT molecular complexity index is 596. The molecule has 1 rings (SSSR count). The van der Waals surface area contributed by atoms with E-state index < -0.39 is 11.5 Å². The molecule has 0 atom stereocenters. The molecule has 0 saturated carbocycles. The van der Waals surface area contributed by atoms with Crippen molar-refractivity contribution in [2.75, 3.05) is 13.6 Å². The van der Waals surface area contributed by atoms with Crippen LogP contribution >= 0.6 is 0 Å². The van der Waals surface area contributed by atoms with Gasteiger partial charge in [-0.25, -0.2) is 0 Å². The standard InChI is InChI=1S/C17H24N2O4/c1-5-19(4)16(23)13-8-6-7-12(11-13)15(22)18-17(2,3)10-9-14(20)21/h6-8,11H,5,9-10H2,1-4H3,(H,18,22)(H,20,21). The largest absolute Gasteiger partial charge is 0.481 e. The molecule has 2 amide bonds. The van der Waals surface area contributed by atoms with Crippen LogP contribution in [-0.4, -0.2) is 46.9 Å². The molecule has 0 radical (unpaired) electrons. The molecule has 0 aliphatic rings. The van der Waals surface area contributed by atoms with Gasteiger partial charge < -0.3 is 15.3 Å². The number of rotatable bonds is 7. The first-order valence-electron chi connectivity index (χ1n) is 7.56. The highest BCUT2D eigenvalue weighted by molar-refractivity contribution is 5.99. The SMILES string of the molecule is CCN(C)C(=O)c1cccc(C(=O)NC(C)(C)CCC(=O)O)c1. The molecule has 0 saturated heterocycles. The molecule has 0 spiro atoms. The Morgan fingerprint density at radius 1 is 1.22 bits per heavy atom. The molecule has 2 N–H and O–H groups in total. The van der Waals surface area contributed by atoms with Gasteiger partial charge in [-0.2, -0.15) is 0 Å². The normalized spacial score (nSPS) is 11.0. The number of nitrogens with zero attached hydrogens (tertiary/aromatic N) is 1. The summed E-state index contributed by atoms with van der Waals surface area (Å²) in [5, 5.41) is 11.6. The lowest BCUT2D eigenvalue weighted by Crippen LogP contribution is -2.43. The van der Waals surface area contributed by atoms with Gasteiger partial charge in [0.25, 0.3) is 11.8 Å². The monoisotopic (exact) mass is 320 g/mol. The van der Waals surface area contributed by atoms with Crippen molar-refractivity contribution >= 4 is 17.8 Å². The summed E-state index contributed by atoms with van der Waals surface area (Å²) in [7, 11) is 1.70. The summed E-state index contributed by atoms with van der Waals surface area (Å²) in [4.78, 5) is 36.7. The van der Waals surface area contributed by atoms with Crippen LogP contribution < -0.4 is 5.32 Å². The highest BCUT2D eigenvalue weighted by Gasteiger charge is 2.22. The second-order valence-corrected chi connectivity index (χ2v) is 6.13. The fourth-order valence-electron chi connectivity index (χ4n) is 2.02. The molecule has 0 heterocycles. The molecule has 23 heavy (non-hydrogen) atoms. The molecule has 0 aliphatic carbocycles.